The first-order valence-corrected chi connectivity index (χ1v) is 7.58. The first kappa shape index (κ1) is 12.7. The Balaban J connectivity index is 1.59. The second-order valence-electron chi connectivity index (χ2n) is 4.72. The van der Waals surface area contributed by atoms with E-state index in [9.17, 15) is 0 Å². The maximum absolute atomic E-state index is 4.71. The van der Waals surface area contributed by atoms with Crippen molar-refractivity contribution in [2.75, 3.05) is 32.7 Å². The predicted octanol–water partition coefficient (Wildman–Crippen LogP) is 1.65. The number of pyridine rings is 1. The van der Waals surface area contributed by atoms with Crippen LogP contribution in [0.5, 0.6) is 0 Å². The van der Waals surface area contributed by atoms with E-state index in [2.05, 4.69) is 20.6 Å². The highest BCUT2D eigenvalue weighted by atomic mass is 32.1. The first-order valence-electron chi connectivity index (χ1n) is 6.70. The van der Waals surface area contributed by atoms with Crippen molar-refractivity contribution in [3.8, 4) is 10.6 Å². The molecule has 1 saturated heterocycles. The van der Waals surface area contributed by atoms with E-state index < -0.39 is 0 Å². The van der Waals surface area contributed by atoms with Gasteiger partial charge in [-0.2, -0.15) is 0 Å². The van der Waals surface area contributed by atoms with Crippen LogP contribution in [0.25, 0.3) is 10.6 Å². The second kappa shape index (κ2) is 6.23. The largest absolute Gasteiger partial charge is 0.314 e. The highest BCUT2D eigenvalue weighted by Crippen LogP contribution is 2.23. The molecule has 3 rings (SSSR count). The van der Waals surface area contributed by atoms with Gasteiger partial charge in [0.25, 0.3) is 0 Å². The molecule has 5 heteroatoms. The Bertz CT molecular complexity index is 505. The minimum absolute atomic E-state index is 1.04. The van der Waals surface area contributed by atoms with E-state index in [1.165, 1.54) is 5.69 Å². The monoisotopic (exact) mass is 274 g/mol. The lowest BCUT2D eigenvalue weighted by Crippen LogP contribution is -2.44. The van der Waals surface area contributed by atoms with Gasteiger partial charge in [-0.3, -0.25) is 4.98 Å². The number of thiazole rings is 1. The van der Waals surface area contributed by atoms with Crippen molar-refractivity contribution < 1.29 is 0 Å². The standard InChI is InChI=1S/C14H18N4S/c1-4-15-5-2-12(1)14-17-13(11-19-14)3-8-18-9-6-16-7-10-18/h1-2,4-5,11,16H,3,6-10H2. The van der Waals surface area contributed by atoms with Crippen LogP contribution >= 0.6 is 11.3 Å². The van der Waals surface area contributed by atoms with Crippen LogP contribution in [0.2, 0.25) is 0 Å². The van der Waals surface area contributed by atoms with Gasteiger partial charge >= 0.3 is 0 Å². The normalized spacial score (nSPS) is 16.6. The van der Waals surface area contributed by atoms with E-state index >= 15 is 0 Å². The lowest BCUT2D eigenvalue weighted by molar-refractivity contribution is 0.243. The van der Waals surface area contributed by atoms with Crippen LogP contribution in [0.3, 0.4) is 0 Å². The smallest absolute Gasteiger partial charge is 0.123 e. The number of hydrogen-bond donors (Lipinski definition) is 1. The number of nitrogens with one attached hydrogen (secondary N) is 1. The zero-order valence-electron chi connectivity index (χ0n) is 10.9. The van der Waals surface area contributed by atoms with Gasteiger partial charge in [-0.1, -0.05) is 0 Å². The molecule has 100 valence electrons. The molecule has 0 radical (unpaired) electrons. The van der Waals surface area contributed by atoms with Crippen LogP contribution < -0.4 is 5.32 Å². The second-order valence-corrected chi connectivity index (χ2v) is 5.58. The summed E-state index contributed by atoms with van der Waals surface area (Å²) in [6.45, 7) is 5.64. The van der Waals surface area contributed by atoms with E-state index in [-0.39, 0.29) is 0 Å². The fourth-order valence-electron chi connectivity index (χ4n) is 2.26. The number of rotatable bonds is 4. The van der Waals surface area contributed by atoms with Crippen LogP contribution in [0, 0.1) is 0 Å². The molecule has 0 aromatic carbocycles. The van der Waals surface area contributed by atoms with Gasteiger partial charge in [0.05, 0.1) is 5.69 Å². The van der Waals surface area contributed by atoms with Crippen molar-refractivity contribution in [2.24, 2.45) is 0 Å². The highest BCUT2D eigenvalue weighted by molar-refractivity contribution is 7.13. The van der Waals surface area contributed by atoms with E-state index in [4.69, 9.17) is 4.98 Å². The van der Waals surface area contributed by atoms with Gasteiger partial charge in [0.15, 0.2) is 0 Å². The minimum atomic E-state index is 1.04. The first-order chi connectivity index (χ1) is 9.42. The van der Waals surface area contributed by atoms with Gasteiger partial charge in [-0.05, 0) is 12.1 Å². The minimum Gasteiger partial charge on any atom is -0.314 e. The molecule has 0 unspecified atom stereocenters. The molecule has 0 saturated carbocycles. The summed E-state index contributed by atoms with van der Waals surface area (Å²) < 4.78 is 0. The third-order valence-corrected chi connectivity index (χ3v) is 4.31. The molecule has 0 aliphatic carbocycles. The van der Waals surface area contributed by atoms with Crippen LogP contribution in [-0.2, 0) is 6.42 Å². The molecule has 1 aliphatic rings. The summed E-state index contributed by atoms with van der Waals surface area (Å²) in [5, 5.41) is 6.65. The summed E-state index contributed by atoms with van der Waals surface area (Å²) in [6, 6.07) is 4.03. The van der Waals surface area contributed by atoms with E-state index in [0.29, 0.717) is 0 Å². The van der Waals surface area contributed by atoms with Crippen LogP contribution in [0.4, 0.5) is 0 Å². The van der Waals surface area contributed by atoms with Gasteiger partial charge in [-0.25, -0.2) is 4.98 Å². The number of nitrogens with zero attached hydrogens (tertiary/aromatic N) is 3. The third kappa shape index (κ3) is 3.37. The quantitative estimate of drug-likeness (QED) is 0.920. The van der Waals surface area contributed by atoms with Crippen LogP contribution in [0.1, 0.15) is 5.69 Å². The van der Waals surface area contributed by atoms with Crippen molar-refractivity contribution in [3.63, 3.8) is 0 Å². The molecule has 1 aliphatic heterocycles. The lowest BCUT2D eigenvalue weighted by Gasteiger charge is -2.26. The summed E-state index contributed by atoms with van der Waals surface area (Å²) in [5.74, 6) is 0. The molecule has 0 amide bonds. The zero-order valence-corrected chi connectivity index (χ0v) is 11.7. The van der Waals surface area contributed by atoms with Crippen LogP contribution in [0.15, 0.2) is 29.9 Å². The number of aromatic nitrogens is 2. The molecule has 0 atom stereocenters. The van der Waals surface area contributed by atoms with E-state index in [1.807, 2.05) is 24.5 Å². The van der Waals surface area contributed by atoms with Crippen molar-refractivity contribution in [1.29, 1.82) is 0 Å². The van der Waals surface area contributed by atoms with Crippen molar-refractivity contribution in [2.45, 2.75) is 6.42 Å². The average Bonchev–Trinajstić information content (AvgIpc) is 2.96. The van der Waals surface area contributed by atoms with Gasteiger partial charge in [0, 0.05) is 62.5 Å². The molecular weight excluding hydrogens is 256 g/mol. The summed E-state index contributed by atoms with van der Waals surface area (Å²) >= 11 is 1.72. The maximum Gasteiger partial charge on any atom is 0.123 e. The molecule has 1 N–H and O–H groups in total. The average molecular weight is 274 g/mol. The molecule has 1 fully saturated rings. The summed E-state index contributed by atoms with van der Waals surface area (Å²) in [4.78, 5) is 11.3. The molecular formula is C14H18N4S. The predicted molar refractivity (Wildman–Crippen MR) is 78.4 cm³/mol. The SMILES string of the molecule is c1cc(-c2nc(CCN3CCNCC3)cs2)ccn1. The van der Waals surface area contributed by atoms with E-state index in [1.54, 1.807) is 11.3 Å². The zero-order chi connectivity index (χ0) is 12.9. The Kier molecular flexibility index (Phi) is 4.17. The van der Waals surface area contributed by atoms with Crippen molar-refractivity contribution in [3.05, 3.63) is 35.6 Å². The van der Waals surface area contributed by atoms with Crippen LogP contribution in [-0.4, -0.2) is 47.6 Å². The Hall–Kier alpha value is -1.30. The Labute approximate surface area is 117 Å². The maximum atomic E-state index is 4.71. The fourth-order valence-corrected chi connectivity index (χ4v) is 3.12. The third-order valence-electron chi connectivity index (χ3n) is 3.37. The molecule has 0 spiro atoms. The van der Waals surface area contributed by atoms with Crippen molar-refractivity contribution in [1.82, 2.24) is 20.2 Å². The summed E-state index contributed by atoms with van der Waals surface area (Å²) in [6.07, 6.45) is 4.68. The number of piperazine rings is 1. The number of hydrogen-bond acceptors (Lipinski definition) is 5. The topological polar surface area (TPSA) is 41.1 Å². The van der Waals surface area contributed by atoms with Gasteiger partial charge in [0.2, 0.25) is 0 Å². The summed E-state index contributed by atoms with van der Waals surface area (Å²) in [5.41, 5.74) is 2.36. The van der Waals surface area contributed by atoms with Crippen molar-refractivity contribution >= 4 is 11.3 Å². The Morgan fingerprint density at radius 1 is 1.21 bits per heavy atom. The molecule has 3 heterocycles. The van der Waals surface area contributed by atoms with Gasteiger partial charge in [-0.15, -0.1) is 11.3 Å². The molecule has 4 nitrogen and oxygen atoms in total. The fraction of sp³-hybridized carbons (Fsp3) is 0.429. The lowest BCUT2D eigenvalue weighted by atomic mass is 10.2. The summed E-state index contributed by atoms with van der Waals surface area (Å²) in [7, 11) is 0. The van der Waals surface area contributed by atoms with Gasteiger partial charge < -0.3 is 10.2 Å². The van der Waals surface area contributed by atoms with Gasteiger partial charge in [0.1, 0.15) is 5.01 Å². The molecule has 19 heavy (non-hydrogen) atoms. The van der Waals surface area contributed by atoms with E-state index in [0.717, 1.165) is 49.7 Å². The highest BCUT2D eigenvalue weighted by Gasteiger charge is 2.10. The Morgan fingerprint density at radius 3 is 2.79 bits per heavy atom. The molecule has 2 aromatic rings. The Morgan fingerprint density at radius 2 is 2.00 bits per heavy atom. The molecule has 2 aromatic heterocycles. The molecule has 0 bridgehead atoms.